The van der Waals surface area contributed by atoms with Gasteiger partial charge in [-0.1, -0.05) is 48.5 Å². The van der Waals surface area contributed by atoms with Crippen molar-refractivity contribution in [2.24, 2.45) is 5.41 Å². The van der Waals surface area contributed by atoms with E-state index in [1.807, 2.05) is 65.8 Å². The first kappa shape index (κ1) is 27.0. The molecule has 0 atom stereocenters. The first-order chi connectivity index (χ1) is 20.4. The molecule has 0 radical (unpaired) electrons. The van der Waals surface area contributed by atoms with Crippen molar-refractivity contribution < 1.29 is 13.2 Å². The summed E-state index contributed by atoms with van der Waals surface area (Å²) in [5, 5.41) is 1.63. The normalized spacial score (nSPS) is 18.4. The number of piperidine rings is 1. The van der Waals surface area contributed by atoms with Gasteiger partial charge in [-0.15, -0.1) is 0 Å². The number of sulfonamides is 1. The second kappa shape index (κ2) is 10.7. The SMILES string of the molecule is O=C(Cc1ccc2c(c1)N(S(=O)(=O)c1cccc3ccccc13)CCC2)N1CCC2(CCN(c3ccncc3)CC2)C1. The third kappa shape index (κ3) is 4.91. The highest BCUT2D eigenvalue weighted by atomic mass is 32.2. The van der Waals surface area contributed by atoms with Crippen molar-refractivity contribution in [3.05, 3.63) is 96.3 Å². The lowest BCUT2D eigenvalue weighted by molar-refractivity contribution is -0.129. The minimum absolute atomic E-state index is 0.127. The molecule has 0 N–H and O–H groups in total. The van der Waals surface area contributed by atoms with Gasteiger partial charge in [0.1, 0.15) is 0 Å². The fourth-order valence-electron chi connectivity index (χ4n) is 7.12. The van der Waals surface area contributed by atoms with Gasteiger partial charge >= 0.3 is 0 Å². The summed E-state index contributed by atoms with van der Waals surface area (Å²) in [6.07, 6.45) is 8.78. The Labute approximate surface area is 247 Å². The van der Waals surface area contributed by atoms with Gasteiger partial charge in [-0.25, -0.2) is 8.42 Å². The zero-order valence-corrected chi connectivity index (χ0v) is 24.6. The van der Waals surface area contributed by atoms with Gasteiger partial charge in [0.05, 0.1) is 17.0 Å². The van der Waals surface area contributed by atoms with Crippen LogP contribution in [0.25, 0.3) is 10.8 Å². The molecule has 1 spiro atoms. The zero-order chi connectivity index (χ0) is 28.7. The highest BCUT2D eigenvalue weighted by Crippen LogP contribution is 2.42. The molecule has 3 aliphatic heterocycles. The average molecular weight is 581 g/mol. The number of pyridine rings is 1. The van der Waals surface area contributed by atoms with E-state index < -0.39 is 10.0 Å². The molecule has 4 aromatic rings. The molecule has 0 aliphatic carbocycles. The lowest BCUT2D eigenvalue weighted by atomic mass is 9.77. The van der Waals surface area contributed by atoms with Crippen molar-refractivity contribution in [3.63, 3.8) is 0 Å². The van der Waals surface area contributed by atoms with Crippen molar-refractivity contribution in [2.45, 2.75) is 43.4 Å². The molecule has 4 heterocycles. The Kier molecular flexibility index (Phi) is 6.89. The van der Waals surface area contributed by atoms with Gasteiger partial charge in [-0.05, 0) is 78.3 Å². The molecule has 42 heavy (non-hydrogen) atoms. The van der Waals surface area contributed by atoms with Crippen LogP contribution in [0, 0.1) is 5.41 Å². The second-order valence-electron chi connectivity index (χ2n) is 12.1. The first-order valence-electron chi connectivity index (χ1n) is 15.0. The number of hydrogen-bond acceptors (Lipinski definition) is 5. The fraction of sp³-hybridized carbons (Fsp3) is 0.353. The maximum Gasteiger partial charge on any atom is 0.264 e. The molecule has 0 unspecified atom stereocenters. The Morgan fingerprint density at radius 1 is 0.857 bits per heavy atom. The van der Waals surface area contributed by atoms with Gasteiger partial charge in [-0.3, -0.25) is 14.1 Å². The van der Waals surface area contributed by atoms with Crippen LogP contribution in [0.2, 0.25) is 0 Å². The van der Waals surface area contributed by atoms with Crippen LogP contribution in [0.4, 0.5) is 11.4 Å². The molecular weight excluding hydrogens is 544 g/mol. The molecular formula is C34H36N4O3S. The van der Waals surface area contributed by atoms with Crippen molar-refractivity contribution in [1.82, 2.24) is 9.88 Å². The number of benzene rings is 3. The van der Waals surface area contributed by atoms with Gasteiger partial charge in [0, 0.05) is 56.2 Å². The summed E-state index contributed by atoms with van der Waals surface area (Å²) in [4.78, 5) is 22.4. The van der Waals surface area contributed by atoms with E-state index in [4.69, 9.17) is 0 Å². The lowest BCUT2D eigenvalue weighted by Gasteiger charge is -2.40. The number of anilines is 2. The smallest absolute Gasteiger partial charge is 0.264 e. The molecule has 0 saturated carbocycles. The van der Waals surface area contributed by atoms with Crippen LogP contribution in [-0.2, 0) is 27.7 Å². The summed E-state index contributed by atoms with van der Waals surface area (Å²) in [7, 11) is -3.78. The average Bonchev–Trinajstić information content (AvgIpc) is 3.44. The highest BCUT2D eigenvalue weighted by Gasteiger charge is 2.42. The Bertz CT molecular complexity index is 1730. The molecule has 3 aromatic carbocycles. The summed E-state index contributed by atoms with van der Waals surface area (Å²) in [5.74, 6) is 0.127. The van der Waals surface area contributed by atoms with E-state index in [0.29, 0.717) is 17.1 Å². The molecule has 1 amide bonds. The van der Waals surface area contributed by atoms with Crippen LogP contribution in [0.15, 0.2) is 90.1 Å². The summed E-state index contributed by atoms with van der Waals surface area (Å²) in [6.45, 7) is 4.03. The molecule has 8 heteroatoms. The van der Waals surface area contributed by atoms with E-state index in [1.54, 1.807) is 16.4 Å². The molecule has 216 valence electrons. The number of aromatic nitrogens is 1. The largest absolute Gasteiger partial charge is 0.371 e. The molecule has 3 aliphatic rings. The van der Waals surface area contributed by atoms with Crippen molar-refractivity contribution in [1.29, 1.82) is 0 Å². The van der Waals surface area contributed by atoms with E-state index in [2.05, 4.69) is 22.0 Å². The number of aryl methyl sites for hydroxylation is 1. The number of likely N-dealkylation sites (tertiary alicyclic amines) is 1. The van der Waals surface area contributed by atoms with Gasteiger partial charge < -0.3 is 9.80 Å². The van der Waals surface area contributed by atoms with Crippen LogP contribution >= 0.6 is 0 Å². The number of amides is 1. The van der Waals surface area contributed by atoms with Crippen molar-refractivity contribution in [3.8, 4) is 0 Å². The molecule has 2 fully saturated rings. The van der Waals surface area contributed by atoms with Crippen LogP contribution < -0.4 is 9.21 Å². The van der Waals surface area contributed by atoms with Gasteiger partial charge in [0.25, 0.3) is 10.0 Å². The Morgan fingerprint density at radius 2 is 1.62 bits per heavy atom. The summed E-state index contributed by atoms with van der Waals surface area (Å²) < 4.78 is 29.6. The lowest BCUT2D eigenvalue weighted by Crippen LogP contribution is -2.42. The Balaban J connectivity index is 1.07. The maximum absolute atomic E-state index is 14.0. The number of carbonyl (C=O) groups excluding carboxylic acids is 1. The summed E-state index contributed by atoms with van der Waals surface area (Å²) in [5.41, 5.74) is 4.00. The third-order valence-electron chi connectivity index (χ3n) is 9.54. The highest BCUT2D eigenvalue weighted by molar-refractivity contribution is 7.93. The number of carbonyl (C=O) groups is 1. The topological polar surface area (TPSA) is 73.8 Å². The number of rotatable bonds is 5. The van der Waals surface area contributed by atoms with E-state index in [0.717, 1.165) is 80.2 Å². The zero-order valence-electron chi connectivity index (χ0n) is 23.8. The standard InChI is InChI=1S/C34H36N4O3S/c39-33(37-22-16-34(25-37)14-20-36(21-15-34)29-12-17-35-18-13-29)24-26-10-11-28-7-4-19-38(31(28)23-26)42(40,41)32-9-3-6-27-5-1-2-8-30(27)32/h1-3,5-6,8-13,17-18,23H,4,7,14-16,19-22,24-25H2. The maximum atomic E-state index is 14.0. The van der Waals surface area contributed by atoms with Crippen LogP contribution in [-0.4, -0.2) is 56.9 Å². The quantitative estimate of drug-likeness (QED) is 0.315. The predicted octanol–water partition coefficient (Wildman–Crippen LogP) is 5.44. The number of fused-ring (bicyclic) bond motifs is 2. The van der Waals surface area contributed by atoms with Crippen LogP contribution in [0.1, 0.15) is 36.8 Å². The fourth-order valence-corrected chi connectivity index (χ4v) is 8.87. The second-order valence-corrected chi connectivity index (χ2v) is 13.9. The molecule has 1 aromatic heterocycles. The van der Waals surface area contributed by atoms with Crippen LogP contribution in [0.3, 0.4) is 0 Å². The number of hydrogen-bond donors (Lipinski definition) is 0. The molecule has 7 rings (SSSR count). The third-order valence-corrected chi connectivity index (χ3v) is 11.4. The summed E-state index contributed by atoms with van der Waals surface area (Å²) in [6, 6.07) is 23.1. The molecule has 0 bridgehead atoms. The van der Waals surface area contributed by atoms with E-state index in [-0.39, 0.29) is 17.7 Å². The van der Waals surface area contributed by atoms with Gasteiger partial charge in [0.2, 0.25) is 5.91 Å². The molecule has 7 nitrogen and oxygen atoms in total. The minimum atomic E-state index is -3.78. The van der Waals surface area contributed by atoms with E-state index in [1.165, 1.54) is 5.69 Å². The van der Waals surface area contributed by atoms with Gasteiger partial charge in [0.15, 0.2) is 0 Å². The van der Waals surface area contributed by atoms with Crippen LogP contribution in [0.5, 0.6) is 0 Å². The van der Waals surface area contributed by atoms with E-state index >= 15 is 0 Å². The van der Waals surface area contributed by atoms with E-state index in [9.17, 15) is 13.2 Å². The van der Waals surface area contributed by atoms with Crippen molar-refractivity contribution in [2.75, 3.05) is 41.9 Å². The molecule has 2 saturated heterocycles. The Hall–Kier alpha value is -3.91. The van der Waals surface area contributed by atoms with Crippen molar-refractivity contribution >= 4 is 38.1 Å². The monoisotopic (exact) mass is 580 g/mol. The summed E-state index contributed by atoms with van der Waals surface area (Å²) >= 11 is 0. The minimum Gasteiger partial charge on any atom is -0.371 e. The Morgan fingerprint density at radius 3 is 2.45 bits per heavy atom. The first-order valence-corrected chi connectivity index (χ1v) is 16.4. The number of nitrogens with zero attached hydrogens (tertiary/aromatic N) is 4. The van der Waals surface area contributed by atoms with Gasteiger partial charge in [-0.2, -0.15) is 0 Å². The predicted molar refractivity (Wildman–Crippen MR) is 166 cm³/mol.